The van der Waals surface area contributed by atoms with E-state index in [0.717, 1.165) is 0 Å². The van der Waals surface area contributed by atoms with Crippen LogP contribution >= 0.6 is 15.9 Å². The van der Waals surface area contributed by atoms with Gasteiger partial charge >= 0.3 is 5.97 Å². The average Bonchev–Trinajstić information content (AvgIpc) is 2.43. The number of hydrogen-bond acceptors (Lipinski definition) is 4. The van der Waals surface area contributed by atoms with Crippen molar-refractivity contribution in [1.29, 1.82) is 0 Å². The topological polar surface area (TPSA) is 113 Å². The lowest BCUT2D eigenvalue weighted by Gasteiger charge is -2.10. The van der Waals surface area contributed by atoms with Gasteiger partial charge in [0.15, 0.2) is 0 Å². The van der Waals surface area contributed by atoms with E-state index in [2.05, 4.69) is 21.2 Å². The van der Waals surface area contributed by atoms with Crippen molar-refractivity contribution >= 4 is 39.2 Å². The molecule has 0 heterocycles. The van der Waals surface area contributed by atoms with Gasteiger partial charge < -0.3 is 21.3 Å². The number of rotatable bonds is 3. The lowest BCUT2D eigenvalue weighted by Crippen LogP contribution is -2.13. The van der Waals surface area contributed by atoms with E-state index in [0.29, 0.717) is 10.2 Å². The molecule has 0 bridgehead atoms. The molecule has 0 atom stereocenters. The highest BCUT2D eigenvalue weighted by Gasteiger charge is 2.14. The Morgan fingerprint density at radius 1 is 1.14 bits per heavy atom. The number of carboxylic acids is 1. The second-order valence-corrected chi connectivity index (χ2v) is 5.08. The van der Waals surface area contributed by atoms with E-state index in [9.17, 15) is 14.7 Å². The summed E-state index contributed by atoms with van der Waals surface area (Å²) in [6.07, 6.45) is 0. The summed E-state index contributed by atoms with van der Waals surface area (Å²) in [5.41, 5.74) is 6.27. The van der Waals surface area contributed by atoms with Crippen LogP contribution in [0.4, 0.5) is 11.4 Å². The molecule has 0 aliphatic heterocycles. The minimum Gasteiger partial charge on any atom is -0.506 e. The fourth-order valence-electron chi connectivity index (χ4n) is 1.68. The van der Waals surface area contributed by atoms with Crippen molar-refractivity contribution in [2.24, 2.45) is 0 Å². The molecule has 2 aromatic carbocycles. The predicted octanol–water partition coefficient (Wildman–Crippen LogP) is 2.69. The number of nitrogens with one attached hydrogen (secondary N) is 1. The summed E-state index contributed by atoms with van der Waals surface area (Å²) in [7, 11) is 0. The van der Waals surface area contributed by atoms with Crippen LogP contribution in [0.25, 0.3) is 0 Å². The van der Waals surface area contributed by atoms with Crippen LogP contribution in [0.2, 0.25) is 0 Å². The molecule has 0 spiro atoms. The zero-order valence-corrected chi connectivity index (χ0v) is 12.2. The normalized spacial score (nSPS) is 10.1. The minimum absolute atomic E-state index is 0.00854. The SMILES string of the molecule is Nc1ccc(Br)c(C(=O)Nc2cc(C(=O)O)ccc2O)c1. The van der Waals surface area contributed by atoms with Crippen LogP contribution in [0.1, 0.15) is 20.7 Å². The second-order valence-electron chi connectivity index (χ2n) is 4.23. The van der Waals surface area contributed by atoms with Gasteiger partial charge in [0.2, 0.25) is 0 Å². The highest BCUT2D eigenvalue weighted by molar-refractivity contribution is 9.10. The number of hydrogen-bond donors (Lipinski definition) is 4. The van der Waals surface area contributed by atoms with Crippen LogP contribution in [-0.2, 0) is 0 Å². The number of nitrogens with two attached hydrogens (primary N) is 1. The zero-order valence-electron chi connectivity index (χ0n) is 10.6. The third kappa shape index (κ3) is 3.32. The van der Waals surface area contributed by atoms with Crippen LogP contribution in [0, 0.1) is 0 Å². The molecule has 0 aliphatic carbocycles. The number of carboxylic acid groups (broad SMARTS) is 1. The van der Waals surface area contributed by atoms with Crippen molar-refractivity contribution in [2.75, 3.05) is 11.1 Å². The number of aromatic carboxylic acids is 1. The molecule has 5 N–H and O–H groups in total. The largest absolute Gasteiger partial charge is 0.506 e. The van der Waals surface area contributed by atoms with Crippen molar-refractivity contribution in [1.82, 2.24) is 0 Å². The maximum atomic E-state index is 12.2. The number of aromatic hydroxyl groups is 1. The predicted molar refractivity (Wildman–Crippen MR) is 81.6 cm³/mol. The molecule has 0 unspecified atom stereocenters. The number of halogens is 1. The Bertz CT molecular complexity index is 731. The zero-order chi connectivity index (χ0) is 15.6. The van der Waals surface area contributed by atoms with Gasteiger partial charge in [-0.1, -0.05) is 0 Å². The van der Waals surface area contributed by atoms with Crippen LogP contribution in [0.15, 0.2) is 40.9 Å². The van der Waals surface area contributed by atoms with E-state index in [1.54, 1.807) is 12.1 Å². The fraction of sp³-hybridized carbons (Fsp3) is 0. The van der Waals surface area contributed by atoms with E-state index in [4.69, 9.17) is 10.8 Å². The molecule has 2 aromatic rings. The Labute approximate surface area is 128 Å². The number of amides is 1. The van der Waals surface area contributed by atoms with Gasteiger partial charge in [-0.05, 0) is 52.3 Å². The quantitative estimate of drug-likeness (QED) is 0.502. The highest BCUT2D eigenvalue weighted by atomic mass is 79.9. The van der Waals surface area contributed by atoms with Gasteiger partial charge in [-0.25, -0.2) is 4.79 Å². The molecule has 0 saturated heterocycles. The molecule has 2 rings (SSSR count). The van der Waals surface area contributed by atoms with Crippen LogP contribution in [0.3, 0.4) is 0 Å². The Balaban J connectivity index is 2.33. The Kier molecular flexibility index (Phi) is 4.13. The van der Waals surface area contributed by atoms with Crippen LogP contribution in [-0.4, -0.2) is 22.1 Å². The molecule has 0 aromatic heterocycles. The first-order chi connectivity index (χ1) is 9.88. The molecule has 0 aliphatic rings. The number of phenolic OH excluding ortho intramolecular Hbond substituents is 1. The number of carbonyl (C=O) groups is 2. The van der Waals surface area contributed by atoms with Gasteiger partial charge in [0.1, 0.15) is 5.75 Å². The van der Waals surface area contributed by atoms with Crippen molar-refractivity contribution < 1.29 is 19.8 Å². The van der Waals surface area contributed by atoms with E-state index in [-0.39, 0.29) is 22.6 Å². The summed E-state index contributed by atoms with van der Waals surface area (Å²) in [6.45, 7) is 0. The lowest BCUT2D eigenvalue weighted by molar-refractivity contribution is 0.0696. The first-order valence-corrected chi connectivity index (χ1v) is 6.60. The summed E-state index contributed by atoms with van der Waals surface area (Å²) in [6, 6.07) is 8.34. The molecular weight excluding hydrogens is 340 g/mol. The molecule has 21 heavy (non-hydrogen) atoms. The molecule has 6 nitrogen and oxygen atoms in total. The molecule has 0 fully saturated rings. The maximum absolute atomic E-state index is 12.2. The van der Waals surface area contributed by atoms with Crippen LogP contribution < -0.4 is 11.1 Å². The number of nitrogen functional groups attached to an aromatic ring is 1. The van der Waals surface area contributed by atoms with E-state index < -0.39 is 11.9 Å². The number of anilines is 2. The summed E-state index contributed by atoms with van der Waals surface area (Å²) < 4.78 is 0.531. The Morgan fingerprint density at radius 2 is 1.86 bits per heavy atom. The van der Waals surface area contributed by atoms with Crippen molar-refractivity contribution in [3.63, 3.8) is 0 Å². The number of phenols is 1. The Morgan fingerprint density at radius 3 is 2.52 bits per heavy atom. The third-order valence-corrected chi connectivity index (χ3v) is 3.42. The van der Waals surface area contributed by atoms with Gasteiger partial charge in [-0.15, -0.1) is 0 Å². The molecule has 0 saturated carbocycles. The number of carbonyl (C=O) groups excluding carboxylic acids is 1. The Hall–Kier alpha value is -2.54. The monoisotopic (exact) mass is 350 g/mol. The average molecular weight is 351 g/mol. The molecule has 1 amide bonds. The molecular formula is C14H11BrN2O4. The molecule has 0 radical (unpaired) electrons. The summed E-state index contributed by atoms with van der Waals surface area (Å²) >= 11 is 3.23. The fourth-order valence-corrected chi connectivity index (χ4v) is 2.10. The van der Waals surface area contributed by atoms with Crippen molar-refractivity contribution in [3.8, 4) is 5.75 Å². The highest BCUT2D eigenvalue weighted by Crippen LogP contribution is 2.26. The minimum atomic E-state index is -1.16. The first-order valence-electron chi connectivity index (χ1n) is 5.81. The summed E-state index contributed by atoms with van der Waals surface area (Å²) in [5.74, 6) is -1.91. The standard InChI is InChI=1S/C14H11BrN2O4/c15-10-3-2-8(16)6-9(10)13(19)17-11-5-7(14(20)21)1-4-12(11)18/h1-6,18H,16H2,(H,17,19)(H,20,21). The van der Waals surface area contributed by atoms with E-state index >= 15 is 0 Å². The molecule has 108 valence electrons. The summed E-state index contributed by atoms with van der Waals surface area (Å²) in [5, 5.41) is 21.1. The van der Waals surface area contributed by atoms with Gasteiger partial charge in [-0.3, -0.25) is 4.79 Å². The van der Waals surface area contributed by atoms with Crippen molar-refractivity contribution in [3.05, 3.63) is 52.0 Å². The van der Waals surface area contributed by atoms with Gasteiger partial charge in [-0.2, -0.15) is 0 Å². The molecule has 7 heteroatoms. The van der Waals surface area contributed by atoms with Gasteiger partial charge in [0.05, 0.1) is 16.8 Å². The van der Waals surface area contributed by atoms with Gasteiger partial charge in [0.25, 0.3) is 5.91 Å². The first kappa shape index (κ1) is 14.9. The van der Waals surface area contributed by atoms with Crippen molar-refractivity contribution in [2.45, 2.75) is 0 Å². The van der Waals surface area contributed by atoms with E-state index in [1.807, 2.05) is 0 Å². The third-order valence-electron chi connectivity index (χ3n) is 2.73. The smallest absolute Gasteiger partial charge is 0.335 e. The number of benzene rings is 2. The lowest BCUT2D eigenvalue weighted by atomic mass is 10.1. The maximum Gasteiger partial charge on any atom is 0.335 e. The summed E-state index contributed by atoms with van der Waals surface area (Å²) in [4.78, 5) is 23.1. The second kappa shape index (κ2) is 5.84. The van der Waals surface area contributed by atoms with E-state index in [1.165, 1.54) is 24.3 Å². The van der Waals surface area contributed by atoms with Crippen LogP contribution in [0.5, 0.6) is 5.75 Å². The van der Waals surface area contributed by atoms with Gasteiger partial charge in [0, 0.05) is 10.2 Å².